The Morgan fingerprint density at radius 2 is 2.10 bits per heavy atom. The molecule has 0 aromatic carbocycles. The summed E-state index contributed by atoms with van der Waals surface area (Å²) in [6, 6.07) is 3.54. The van der Waals surface area contributed by atoms with E-state index in [9.17, 15) is 8.42 Å². The van der Waals surface area contributed by atoms with Crippen LogP contribution in [0.2, 0.25) is 0 Å². The summed E-state index contributed by atoms with van der Waals surface area (Å²) in [5, 5.41) is 3.69. The summed E-state index contributed by atoms with van der Waals surface area (Å²) in [6.45, 7) is 2.51. The van der Waals surface area contributed by atoms with Gasteiger partial charge >= 0.3 is 0 Å². The molecule has 0 aliphatic carbocycles. The smallest absolute Gasteiger partial charge is 0.224 e. The van der Waals surface area contributed by atoms with E-state index in [1.54, 1.807) is 36.1 Å². The first-order valence-corrected chi connectivity index (χ1v) is 8.28. The number of nitrogens with two attached hydrogens (primary N) is 1. The van der Waals surface area contributed by atoms with Crippen molar-refractivity contribution >= 4 is 21.6 Å². The highest BCUT2D eigenvalue weighted by atomic mass is 32.2. The molecule has 1 saturated heterocycles. The second-order valence-corrected chi connectivity index (χ2v) is 7.56. The summed E-state index contributed by atoms with van der Waals surface area (Å²) in [5.74, 6) is 1.44. The maximum Gasteiger partial charge on any atom is 0.224 e. The lowest BCUT2D eigenvalue weighted by Gasteiger charge is -2.31. The number of sulfone groups is 1. The molecule has 1 aliphatic rings. The topological polar surface area (TPSA) is 107 Å². The molecule has 3 rings (SSSR count). The van der Waals surface area contributed by atoms with Gasteiger partial charge in [-0.3, -0.25) is 0 Å². The molecule has 1 fully saturated rings. The summed E-state index contributed by atoms with van der Waals surface area (Å²) >= 11 is 0. The molecule has 0 bridgehead atoms. The van der Waals surface area contributed by atoms with E-state index in [-0.39, 0.29) is 11.7 Å². The zero-order valence-electron chi connectivity index (χ0n) is 11.5. The standard InChI is InChI=1S/C12H16N6O2S/c1-9-8-17(5-6-21(9,19)20)10-7-11(16-12(13)15-10)18-4-2-3-14-18/h2-4,7,9H,5-6,8H2,1H3,(H2,13,15,16). The lowest BCUT2D eigenvalue weighted by atomic mass is 10.3. The van der Waals surface area contributed by atoms with E-state index in [0.717, 1.165) is 0 Å². The minimum absolute atomic E-state index is 0.120. The van der Waals surface area contributed by atoms with Crippen LogP contribution in [0.3, 0.4) is 0 Å². The Labute approximate surface area is 122 Å². The molecule has 2 aromatic rings. The third kappa shape index (κ3) is 2.68. The zero-order valence-corrected chi connectivity index (χ0v) is 12.4. The second-order valence-electron chi connectivity index (χ2n) is 5.02. The fraction of sp³-hybridized carbons (Fsp3) is 0.417. The molecule has 2 N–H and O–H groups in total. The molecule has 1 unspecified atom stereocenters. The molecule has 0 amide bonds. The van der Waals surface area contributed by atoms with E-state index in [0.29, 0.717) is 24.7 Å². The van der Waals surface area contributed by atoms with Crippen molar-refractivity contribution in [2.75, 3.05) is 29.5 Å². The Balaban J connectivity index is 1.93. The number of anilines is 2. The largest absolute Gasteiger partial charge is 0.368 e. The van der Waals surface area contributed by atoms with Gasteiger partial charge in [-0.15, -0.1) is 0 Å². The zero-order chi connectivity index (χ0) is 15.0. The van der Waals surface area contributed by atoms with E-state index in [2.05, 4.69) is 15.1 Å². The quantitative estimate of drug-likeness (QED) is 0.823. The van der Waals surface area contributed by atoms with Crippen LogP contribution >= 0.6 is 0 Å². The molecule has 0 saturated carbocycles. The Bertz CT molecular complexity index is 743. The van der Waals surface area contributed by atoms with Gasteiger partial charge in [-0.2, -0.15) is 15.1 Å². The molecular formula is C12H16N6O2S. The molecule has 112 valence electrons. The van der Waals surface area contributed by atoms with E-state index < -0.39 is 15.1 Å². The third-order valence-electron chi connectivity index (χ3n) is 3.52. The average Bonchev–Trinajstić information content (AvgIpc) is 2.95. The fourth-order valence-corrected chi connectivity index (χ4v) is 3.57. The van der Waals surface area contributed by atoms with Gasteiger partial charge in [0.2, 0.25) is 5.95 Å². The van der Waals surface area contributed by atoms with Gasteiger partial charge in [0, 0.05) is 31.5 Å². The number of hydrogen-bond acceptors (Lipinski definition) is 7. The minimum Gasteiger partial charge on any atom is -0.368 e. The maximum atomic E-state index is 11.8. The van der Waals surface area contributed by atoms with Crippen molar-refractivity contribution in [3.63, 3.8) is 0 Å². The summed E-state index contributed by atoms with van der Waals surface area (Å²) in [5.41, 5.74) is 5.75. The van der Waals surface area contributed by atoms with Gasteiger partial charge in [0.05, 0.1) is 11.0 Å². The molecular weight excluding hydrogens is 292 g/mol. The third-order valence-corrected chi connectivity index (χ3v) is 5.64. The summed E-state index contributed by atoms with van der Waals surface area (Å²) < 4.78 is 25.2. The van der Waals surface area contributed by atoms with E-state index in [4.69, 9.17) is 5.73 Å². The van der Waals surface area contributed by atoms with Gasteiger partial charge in [0.15, 0.2) is 15.7 Å². The average molecular weight is 308 g/mol. The van der Waals surface area contributed by atoms with Crippen LogP contribution in [0.5, 0.6) is 0 Å². The van der Waals surface area contributed by atoms with Crippen LogP contribution in [0.25, 0.3) is 5.82 Å². The second kappa shape index (κ2) is 4.99. The molecule has 0 spiro atoms. The molecule has 1 atom stereocenters. The van der Waals surface area contributed by atoms with Gasteiger partial charge < -0.3 is 10.6 Å². The highest BCUT2D eigenvalue weighted by molar-refractivity contribution is 7.92. The van der Waals surface area contributed by atoms with Gasteiger partial charge in [-0.05, 0) is 13.0 Å². The van der Waals surface area contributed by atoms with Gasteiger partial charge in [-0.1, -0.05) is 0 Å². The Kier molecular flexibility index (Phi) is 3.28. The van der Waals surface area contributed by atoms with Crippen LogP contribution in [0.15, 0.2) is 24.5 Å². The monoisotopic (exact) mass is 308 g/mol. The van der Waals surface area contributed by atoms with Crippen molar-refractivity contribution in [3.05, 3.63) is 24.5 Å². The van der Waals surface area contributed by atoms with Gasteiger partial charge in [0.1, 0.15) is 5.82 Å². The van der Waals surface area contributed by atoms with Gasteiger partial charge in [0.25, 0.3) is 0 Å². The van der Waals surface area contributed by atoms with Crippen molar-refractivity contribution in [3.8, 4) is 5.82 Å². The fourth-order valence-electron chi connectivity index (χ4n) is 2.29. The van der Waals surface area contributed by atoms with Crippen molar-refractivity contribution in [2.24, 2.45) is 0 Å². The summed E-state index contributed by atoms with van der Waals surface area (Å²) in [6.07, 6.45) is 3.41. The number of nitrogens with zero attached hydrogens (tertiary/aromatic N) is 5. The number of hydrogen-bond donors (Lipinski definition) is 1. The van der Waals surface area contributed by atoms with E-state index >= 15 is 0 Å². The summed E-state index contributed by atoms with van der Waals surface area (Å²) in [4.78, 5) is 10.3. The van der Waals surface area contributed by atoms with Crippen molar-refractivity contribution in [1.29, 1.82) is 0 Å². The highest BCUT2D eigenvalue weighted by Crippen LogP contribution is 2.21. The van der Waals surface area contributed by atoms with Crippen LogP contribution < -0.4 is 10.6 Å². The Morgan fingerprint density at radius 1 is 1.33 bits per heavy atom. The SMILES string of the molecule is CC1CN(c2cc(-n3cccn3)nc(N)n2)CCS1(=O)=O. The van der Waals surface area contributed by atoms with Crippen molar-refractivity contribution in [2.45, 2.75) is 12.2 Å². The van der Waals surface area contributed by atoms with E-state index in [1.165, 1.54) is 0 Å². The number of rotatable bonds is 2. The van der Waals surface area contributed by atoms with E-state index in [1.807, 2.05) is 4.90 Å². The molecule has 0 radical (unpaired) electrons. The van der Waals surface area contributed by atoms with Gasteiger partial charge in [-0.25, -0.2) is 13.1 Å². The van der Waals surface area contributed by atoms with Crippen LogP contribution in [0, 0.1) is 0 Å². The molecule has 3 heterocycles. The molecule has 2 aromatic heterocycles. The number of nitrogen functional groups attached to an aromatic ring is 1. The highest BCUT2D eigenvalue weighted by Gasteiger charge is 2.30. The Morgan fingerprint density at radius 3 is 2.76 bits per heavy atom. The minimum atomic E-state index is -3.00. The first kappa shape index (κ1) is 13.8. The molecule has 9 heteroatoms. The normalized spacial score (nSPS) is 21.4. The lowest BCUT2D eigenvalue weighted by molar-refractivity contribution is 0.568. The first-order valence-electron chi connectivity index (χ1n) is 6.57. The first-order chi connectivity index (χ1) is 9.95. The van der Waals surface area contributed by atoms with Crippen LogP contribution in [0.1, 0.15) is 6.92 Å². The van der Waals surface area contributed by atoms with Crippen LogP contribution in [0.4, 0.5) is 11.8 Å². The van der Waals surface area contributed by atoms with Crippen molar-refractivity contribution in [1.82, 2.24) is 19.7 Å². The van der Waals surface area contributed by atoms with Crippen molar-refractivity contribution < 1.29 is 8.42 Å². The summed E-state index contributed by atoms with van der Waals surface area (Å²) in [7, 11) is -3.00. The predicted octanol–water partition coefficient (Wildman–Crippen LogP) is -0.132. The van der Waals surface area contributed by atoms with Crippen LogP contribution in [-0.4, -0.2) is 52.3 Å². The predicted molar refractivity (Wildman–Crippen MR) is 79.0 cm³/mol. The number of aromatic nitrogens is 4. The van der Waals surface area contributed by atoms with Crippen LogP contribution in [-0.2, 0) is 9.84 Å². The lowest BCUT2D eigenvalue weighted by Crippen LogP contribution is -2.46. The molecule has 8 nitrogen and oxygen atoms in total. The molecule has 21 heavy (non-hydrogen) atoms. The Hall–Kier alpha value is -2.16. The molecule has 1 aliphatic heterocycles. The maximum absolute atomic E-state index is 11.8.